The van der Waals surface area contributed by atoms with Gasteiger partial charge in [-0.15, -0.1) is 0 Å². The molecule has 1 unspecified atom stereocenters. The van der Waals surface area contributed by atoms with Gasteiger partial charge in [0.1, 0.15) is 0 Å². The quantitative estimate of drug-likeness (QED) is 0.435. The van der Waals surface area contributed by atoms with Crippen LogP contribution in [-0.4, -0.2) is 52.7 Å². The molecule has 1 atom stereocenters. The molecule has 0 aromatic heterocycles. The van der Waals surface area contributed by atoms with Gasteiger partial charge in [-0.2, -0.15) is 0 Å². The number of hydrogen-bond donors (Lipinski definition) is 1. The first-order valence-corrected chi connectivity index (χ1v) is 7.10. The Hall–Kier alpha value is -0.195. The van der Waals surface area contributed by atoms with Gasteiger partial charge in [-0.3, -0.25) is 0 Å². The zero-order valence-electron chi connectivity index (χ0n) is 12.7. The SMILES string of the molecule is BC(F)(F)C(C)NCCOCCOCCCC(C)C. The standard InChI is InChI=1S/C13H28BF2NO2/c1-11(2)5-4-7-18-9-10-19-8-6-17-12(3)13(14,15)16/h11-12,17H,4-10,14H2,1-3H3. The third-order valence-electron chi connectivity index (χ3n) is 2.90. The molecular weight excluding hydrogens is 251 g/mol. The molecule has 0 radical (unpaired) electrons. The molecule has 0 aliphatic carbocycles. The van der Waals surface area contributed by atoms with Gasteiger partial charge in [-0.1, -0.05) is 13.8 Å². The molecule has 0 aliphatic heterocycles. The number of hydrogen-bond acceptors (Lipinski definition) is 3. The van der Waals surface area contributed by atoms with E-state index in [2.05, 4.69) is 19.2 Å². The van der Waals surface area contributed by atoms with E-state index in [4.69, 9.17) is 9.47 Å². The maximum absolute atomic E-state index is 12.8. The van der Waals surface area contributed by atoms with Crippen LogP contribution in [0.4, 0.5) is 8.78 Å². The second kappa shape index (κ2) is 10.6. The lowest BCUT2D eigenvalue weighted by molar-refractivity contribution is 0.0349. The van der Waals surface area contributed by atoms with E-state index in [-0.39, 0.29) is 0 Å². The van der Waals surface area contributed by atoms with Crippen molar-refractivity contribution in [3.05, 3.63) is 0 Å². The van der Waals surface area contributed by atoms with Crippen LogP contribution in [0.25, 0.3) is 0 Å². The van der Waals surface area contributed by atoms with Gasteiger partial charge in [0.2, 0.25) is 5.82 Å². The molecule has 114 valence electrons. The van der Waals surface area contributed by atoms with Crippen molar-refractivity contribution in [1.82, 2.24) is 5.32 Å². The van der Waals surface area contributed by atoms with Crippen molar-refractivity contribution in [1.29, 1.82) is 0 Å². The molecule has 6 heteroatoms. The van der Waals surface area contributed by atoms with E-state index >= 15 is 0 Å². The summed E-state index contributed by atoms with van der Waals surface area (Å²) in [5.41, 5.74) is 0. The summed E-state index contributed by atoms with van der Waals surface area (Å²) in [5, 5.41) is 2.73. The van der Waals surface area contributed by atoms with Gasteiger partial charge >= 0.3 is 0 Å². The third-order valence-corrected chi connectivity index (χ3v) is 2.90. The normalized spacial score (nSPS) is 14.0. The van der Waals surface area contributed by atoms with Gasteiger partial charge in [-0.25, -0.2) is 8.78 Å². The minimum atomic E-state index is -2.69. The van der Waals surface area contributed by atoms with Crippen LogP contribution in [0.2, 0.25) is 0 Å². The van der Waals surface area contributed by atoms with Crippen molar-refractivity contribution in [3.63, 3.8) is 0 Å². The molecule has 3 nitrogen and oxygen atoms in total. The van der Waals surface area contributed by atoms with E-state index in [0.29, 0.717) is 32.3 Å². The summed E-state index contributed by atoms with van der Waals surface area (Å²) in [6, 6.07) is -0.830. The highest BCUT2D eigenvalue weighted by Crippen LogP contribution is 2.12. The number of nitrogens with one attached hydrogen (secondary N) is 1. The highest BCUT2D eigenvalue weighted by molar-refractivity contribution is 6.13. The number of halogens is 2. The predicted molar refractivity (Wildman–Crippen MR) is 76.7 cm³/mol. The molecule has 0 aromatic rings. The lowest BCUT2D eigenvalue weighted by atomic mass is 9.92. The van der Waals surface area contributed by atoms with Crippen molar-refractivity contribution in [3.8, 4) is 0 Å². The lowest BCUT2D eigenvalue weighted by Gasteiger charge is -2.20. The molecule has 0 fully saturated rings. The first-order chi connectivity index (χ1) is 8.84. The van der Waals surface area contributed by atoms with Gasteiger partial charge in [0.15, 0.2) is 7.85 Å². The maximum Gasteiger partial charge on any atom is 0.221 e. The van der Waals surface area contributed by atoms with Crippen LogP contribution in [0.1, 0.15) is 33.6 Å². The summed E-state index contributed by atoms with van der Waals surface area (Å²) in [7, 11) is 0.913. The Morgan fingerprint density at radius 2 is 1.63 bits per heavy atom. The van der Waals surface area contributed by atoms with Gasteiger partial charge < -0.3 is 14.8 Å². The van der Waals surface area contributed by atoms with Crippen molar-refractivity contribution < 1.29 is 18.3 Å². The summed E-state index contributed by atoms with van der Waals surface area (Å²) < 4.78 is 36.3. The maximum atomic E-state index is 12.8. The second-order valence-electron chi connectivity index (χ2n) is 5.39. The van der Waals surface area contributed by atoms with Crippen molar-refractivity contribution in [2.45, 2.75) is 45.5 Å². The fourth-order valence-electron chi connectivity index (χ4n) is 1.44. The zero-order chi connectivity index (χ0) is 14.7. The highest BCUT2D eigenvalue weighted by Gasteiger charge is 2.28. The van der Waals surface area contributed by atoms with Crippen LogP contribution >= 0.6 is 0 Å². The highest BCUT2D eigenvalue weighted by atomic mass is 19.3. The molecule has 19 heavy (non-hydrogen) atoms. The molecule has 0 saturated heterocycles. The van der Waals surface area contributed by atoms with Crippen molar-refractivity contribution in [2.24, 2.45) is 5.92 Å². The fraction of sp³-hybridized carbons (Fsp3) is 1.00. The van der Waals surface area contributed by atoms with E-state index in [1.54, 1.807) is 0 Å². The Morgan fingerprint density at radius 3 is 2.16 bits per heavy atom. The van der Waals surface area contributed by atoms with Crippen LogP contribution < -0.4 is 5.32 Å². The third kappa shape index (κ3) is 12.6. The van der Waals surface area contributed by atoms with Gasteiger partial charge in [-0.05, 0) is 25.7 Å². The average Bonchev–Trinajstić information content (AvgIpc) is 2.29. The number of alkyl halides is 2. The molecule has 0 aliphatic rings. The first-order valence-electron chi connectivity index (χ1n) is 7.10. The van der Waals surface area contributed by atoms with Gasteiger partial charge in [0, 0.05) is 13.2 Å². The van der Waals surface area contributed by atoms with Gasteiger partial charge in [0.05, 0.1) is 25.9 Å². The Labute approximate surface area is 116 Å². The number of ether oxygens (including phenoxy) is 2. The zero-order valence-corrected chi connectivity index (χ0v) is 12.7. The minimum absolute atomic E-state index is 0.426. The Bertz CT molecular complexity index is 213. The summed E-state index contributed by atoms with van der Waals surface area (Å²) in [4.78, 5) is 0. The van der Waals surface area contributed by atoms with Crippen LogP contribution in [0.5, 0.6) is 0 Å². The van der Waals surface area contributed by atoms with E-state index in [1.807, 2.05) is 0 Å². The second-order valence-corrected chi connectivity index (χ2v) is 5.39. The molecule has 0 spiro atoms. The van der Waals surface area contributed by atoms with E-state index in [9.17, 15) is 8.78 Å². The summed E-state index contributed by atoms with van der Waals surface area (Å²) in [6.45, 7) is 8.55. The van der Waals surface area contributed by atoms with Crippen LogP contribution in [0.15, 0.2) is 0 Å². The molecule has 0 rings (SSSR count). The van der Waals surface area contributed by atoms with Crippen LogP contribution in [-0.2, 0) is 9.47 Å². The molecule has 0 heterocycles. The van der Waals surface area contributed by atoms with Crippen LogP contribution in [0, 0.1) is 5.92 Å². The topological polar surface area (TPSA) is 30.5 Å². The van der Waals surface area contributed by atoms with E-state index < -0.39 is 11.9 Å². The fourth-order valence-corrected chi connectivity index (χ4v) is 1.44. The molecule has 1 N–H and O–H groups in total. The molecular formula is C13H28BF2NO2. The van der Waals surface area contributed by atoms with Crippen molar-refractivity contribution >= 4 is 7.85 Å². The average molecular weight is 279 g/mol. The predicted octanol–water partition coefficient (Wildman–Crippen LogP) is 1.66. The van der Waals surface area contributed by atoms with Gasteiger partial charge in [0.25, 0.3) is 0 Å². The Balaban J connectivity index is 3.19. The minimum Gasteiger partial charge on any atom is -0.379 e. The largest absolute Gasteiger partial charge is 0.379 e. The molecule has 0 bridgehead atoms. The summed E-state index contributed by atoms with van der Waals surface area (Å²) in [6.07, 6.45) is 2.25. The smallest absolute Gasteiger partial charge is 0.221 e. The Morgan fingerprint density at radius 1 is 1.05 bits per heavy atom. The summed E-state index contributed by atoms with van der Waals surface area (Å²) >= 11 is 0. The van der Waals surface area contributed by atoms with E-state index in [0.717, 1.165) is 20.9 Å². The van der Waals surface area contributed by atoms with E-state index in [1.165, 1.54) is 13.3 Å². The van der Waals surface area contributed by atoms with Crippen molar-refractivity contribution in [2.75, 3.05) is 33.0 Å². The summed E-state index contributed by atoms with van der Waals surface area (Å²) in [5.74, 6) is -1.98. The van der Waals surface area contributed by atoms with Crippen LogP contribution in [0.3, 0.4) is 0 Å². The number of rotatable bonds is 12. The monoisotopic (exact) mass is 279 g/mol. The molecule has 0 aromatic carbocycles. The lowest BCUT2D eigenvalue weighted by Crippen LogP contribution is -2.44. The molecule has 0 amide bonds. The first kappa shape index (κ1) is 18.8. The Kier molecular flexibility index (Phi) is 10.5. The molecule has 0 saturated carbocycles.